The second-order valence-corrected chi connectivity index (χ2v) is 13.0. The molecule has 0 aliphatic carbocycles. The van der Waals surface area contributed by atoms with Gasteiger partial charge in [0, 0.05) is 5.56 Å². The van der Waals surface area contributed by atoms with Crippen molar-refractivity contribution in [2.45, 2.75) is 58.9 Å². The Labute approximate surface area is 250 Å². The van der Waals surface area contributed by atoms with Crippen molar-refractivity contribution in [3.05, 3.63) is 111 Å². The average molecular weight is 579 g/mol. The van der Waals surface area contributed by atoms with Crippen molar-refractivity contribution in [3.8, 4) is 17.1 Å². The van der Waals surface area contributed by atoms with Gasteiger partial charge in [0.05, 0.1) is 40.2 Å². The zero-order chi connectivity index (χ0) is 31.4. The number of amides is 1. The second kappa shape index (κ2) is 10.4. The van der Waals surface area contributed by atoms with Gasteiger partial charge in [-0.3, -0.25) is 4.79 Å². The fourth-order valence-corrected chi connectivity index (χ4v) is 5.38. The topological polar surface area (TPSA) is 129 Å². The Kier molecular flexibility index (Phi) is 7.12. The van der Waals surface area contributed by atoms with Crippen LogP contribution >= 0.6 is 0 Å². The molecule has 4 aromatic rings. The number of carboxylic acids is 2. The summed E-state index contributed by atoms with van der Waals surface area (Å²) in [5.74, 6) is -3.26. The number of aromatic carboxylic acids is 2. The second-order valence-electron chi connectivity index (χ2n) is 13.0. The molecule has 8 heteroatoms. The van der Waals surface area contributed by atoms with Crippen LogP contribution in [0, 0.1) is 0 Å². The van der Waals surface area contributed by atoms with Crippen molar-refractivity contribution >= 4 is 23.6 Å². The van der Waals surface area contributed by atoms with Crippen LogP contribution in [-0.2, 0) is 17.4 Å². The summed E-state index contributed by atoms with van der Waals surface area (Å²) >= 11 is 0. The average Bonchev–Trinajstić information content (AvgIpc) is 3.42. The SMILES string of the molecule is CC(C)(C)c1ccc(C2=NC(=O)c3c2c(O)n(Cc2cc(C(=O)O)cc(C(=O)O)c2)c3-c2ccc(C(C)(C)C)cc2)cc1. The van der Waals surface area contributed by atoms with Gasteiger partial charge < -0.3 is 19.9 Å². The van der Waals surface area contributed by atoms with E-state index in [1.807, 2.05) is 48.5 Å². The predicted octanol–water partition coefficient (Wildman–Crippen LogP) is 6.89. The normalized spacial score (nSPS) is 13.2. The fraction of sp³-hybridized carbons (Fsp3) is 0.257. The van der Waals surface area contributed by atoms with E-state index in [0.29, 0.717) is 28.1 Å². The van der Waals surface area contributed by atoms with Gasteiger partial charge in [-0.1, -0.05) is 90.1 Å². The molecular weight excluding hydrogens is 544 g/mol. The molecule has 0 unspecified atom stereocenters. The molecule has 0 spiro atoms. The van der Waals surface area contributed by atoms with Gasteiger partial charge in [-0.15, -0.1) is 0 Å². The quantitative estimate of drug-likeness (QED) is 0.228. The maximum Gasteiger partial charge on any atom is 0.335 e. The molecule has 1 aromatic heterocycles. The van der Waals surface area contributed by atoms with E-state index in [1.165, 1.54) is 16.7 Å². The van der Waals surface area contributed by atoms with E-state index >= 15 is 0 Å². The maximum absolute atomic E-state index is 13.5. The molecule has 0 fully saturated rings. The smallest absolute Gasteiger partial charge is 0.335 e. The number of aromatic hydroxyl groups is 1. The summed E-state index contributed by atoms with van der Waals surface area (Å²) in [7, 11) is 0. The molecule has 2 heterocycles. The fourth-order valence-electron chi connectivity index (χ4n) is 5.38. The van der Waals surface area contributed by atoms with E-state index in [-0.39, 0.29) is 45.5 Å². The van der Waals surface area contributed by atoms with E-state index in [1.54, 1.807) is 0 Å². The van der Waals surface area contributed by atoms with E-state index in [9.17, 15) is 29.7 Å². The highest BCUT2D eigenvalue weighted by molar-refractivity contribution is 6.30. The molecule has 0 radical (unpaired) electrons. The van der Waals surface area contributed by atoms with Crippen molar-refractivity contribution in [1.82, 2.24) is 4.57 Å². The summed E-state index contributed by atoms with van der Waals surface area (Å²) in [5.41, 5.74) is 4.57. The zero-order valence-electron chi connectivity index (χ0n) is 25.0. The summed E-state index contributed by atoms with van der Waals surface area (Å²) in [5, 5.41) is 30.9. The summed E-state index contributed by atoms with van der Waals surface area (Å²) in [6, 6.07) is 19.2. The van der Waals surface area contributed by atoms with Crippen molar-refractivity contribution in [1.29, 1.82) is 0 Å². The highest BCUT2D eigenvalue weighted by Gasteiger charge is 2.36. The monoisotopic (exact) mass is 578 g/mol. The molecule has 0 saturated carbocycles. The standard InChI is InChI=1S/C35H34N2O6/c1-34(2,3)24-11-7-20(8-12-24)28-26-27(30(38)36-28)29(21-9-13-25(14-10-21)35(4,5)6)37(31(26)39)18-19-15-22(32(40)41)17-23(16-19)33(42)43/h7-17,39H,18H2,1-6H3,(H,40,41)(H,42,43). The summed E-state index contributed by atoms with van der Waals surface area (Å²) in [6.07, 6.45) is 0. The minimum atomic E-state index is -1.27. The van der Waals surface area contributed by atoms with Crippen molar-refractivity contribution in [2.24, 2.45) is 4.99 Å². The van der Waals surface area contributed by atoms with E-state index in [2.05, 4.69) is 46.5 Å². The van der Waals surface area contributed by atoms with Crippen LogP contribution in [0.5, 0.6) is 5.88 Å². The Bertz CT molecular complexity index is 1780. The van der Waals surface area contributed by atoms with E-state index in [4.69, 9.17) is 0 Å². The molecule has 0 atom stereocenters. The third kappa shape index (κ3) is 5.48. The van der Waals surface area contributed by atoms with Crippen LogP contribution in [0.3, 0.4) is 0 Å². The number of benzene rings is 3. The lowest BCUT2D eigenvalue weighted by molar-refractivity contribution is 0.0696. The van der Waals surface area contributed by atoms with Gasteiger partial charge in [0.1, 0.15) is 0 Å². The molecule has 43 heavy (non-hydrogen) atoms. The van der Waals surface area contributed by atoms with Crippen LogP contribution in [-0.4, -0.2) is 43.4 Å². The molecule has 5 rings (SSSR count). The molecule has 1 aliphatic rings. The molecule has 1 aliphatic heterocycles. The lowest BCUT2D eigenvalue weighted by atomic mass is 9.86. The number of fused-ring (bicyclic) bond motifs is 1. The maximum atomic E-state index is 13.5. The van der Waals surface area contributed by atoms with Gasteiger partial charge in [-0.2, -0.15) is 0 Å². The first kappa shape index (κ1) is 29.5. The Morgan fingerprint density at radius 2 is 1.19 bits per heavy atom. The number of carbonyl (C=O) groups excluding carboxylic acids is 1. The number of aromatic nitrogens is 1. The number of hydrogen-bond donors (Lipinski definition) is 3. The van der Waals surface area contributed by atoms with Crippen LogP contribution in [0.25, 0.3) is 11.3 Å². The van der Waals surface area contributed by atoms with Gasteiger partial charge in [-0.25, -0.2) is 14.6 Å². The highest BCUT2D eigenvalue weighted by Crippen LogP contribution is 2.42. The molecule has 1 amide bonds. The Hall–Kier alpha value is -4.98. The third-order valence-corrected chi connectivity index (χ3v) is 7.78. The van der Waals surface area contributed by atoms with Crippen LogP contribution in [0.15, 0.2) is 71.7 Å². The van der Waals surface area contributed by atoms with Crippen molar-refractivity contribution < 1.29 is 29.7 Å². The number of rotatable bonds is 6. The molecular formula is C35H34N2O6. The van der Waals surface area contributed by atoms with Gasteiger partial charge in [0.25, 0.3) is 5.91 Å². The largest absolute Gasteiger partial charge is 0.494 e. The van der Waals surface area contributed by atoms with Crippen LogP contribution in [0.2, 0.25) is 0 Å². The lowest BCUT2D eigenvalue weighted by Crippen LogP contribution is -2.11. The molecule has 0 saturated heterocycles. The number of carbonyl (C=O) groups is 3. The first-order valence-corrected chi connectivity index (χ1v) is 14.0. The number of hydrogen-bond acceptors (Lipinski definition) is 4. The molecule has 0 bridgehead atoms. The van der Waals surface area contributed by atoms with E-state index in [0.717, 1.165) is 17.2 Å². The molecule has 3 aromatic carbocycles. The van der Waals surface area contributed by atoms with Gasteiger partial charge >= 0.3 is 11.9 Å². The van der Waals surface area contributed by atoms with Crippen molar-refractivity contribution in [2.75, 3.05) is 0 Å². The predicted molar refractivity (Wildman–Crippen MR) is 165 cm³/mol. The summed E-state index contributed by atoms with van der Waals surface area (Å²) in [6.45, 7) is 12.5. The van der Waals surface area contributed by atoms with Crippen LogP contribution < -0.4 is 0 Å². The summed E-state index contributed by atoms with van der Waals surface area (Å²) in [4.78, 5) is 41.5. The van der Waals surface area contributed by atoms with Crippen molar-refractivity contribution in [3.63, 3.8) is 0 Å². The zero-order valence-corrected chi connectivity index (χ0v) is 25.0. The Morgan fingerprint density at radius 3 is 1.63 bits per heavy atom. The molecule has 8 nitrogen and oxygen atoms in total. The van der Waals surface area contributed by atoms with Gasteiger partial charge in [-0.05, 0) is 51.3 Å². The van der Waals surface area contributed by atoms with Gasteiger partial charge in [0.2, 0.25) is 5.88 Å². The lowest BCUT2D eigenvalue weighted by Gasteiger charge is -2.20. The molecule has 3 N–H and O–H groups in total. The Morgan fingerprint density at radius 1 is 0.721 bits per heavy atom. The third-order valence-electron chi connectivity index (χ3n) is 7.78. The van der Waals surface area contributed by atoms with Crippen LogP contribution in [0.1, 0.15) is 100 Å². The Balaban J connectivity index is 1.71. The number of aliphatic imine (C=N–C) groups is 1. The highest BCUT2D eigenvalue weighted by atomic mass is 16.4. The minimum Gasteiger partial charge on any atom is -0.494 e. The number of carboxylic acid groups (broad SMARTS) is 2. The van der Waals surface area contributed by atoms with E-state index < -0.39 is 17.8 Å². The first-order valence-electron chi connectivity index (χ1n) is 14.0. The van der Waals surface area contributed by atoms with Gasteiger partial charge in [0.15, 0.2) is 0 Å². The van der Waals surface area contributed by atoms with Crippen LogP contribution in [0.4, 0.5) is 0 Å². The first-order chi connectivity index (χ1) is 20.1. The molecule has 220 valence electrons. The minimum absolute atomic E-state index is 0.0753. The summed E-state index contributed by atoms with van der Waals surface area (Å²) < 4.78 is 1.53. The number of nitrogens with zero attached hydrogens (tertiary/aromatic N) is 2.